The summed E-state index contributed by atoms with van der Waals surface area (Å²) in [5.41, 5.74) is -0.710. The average molecular weight is 427 g/mol. The molecular weight excluding hydrogens is 388 g/mol. The third kappa shape index (κ3) is 7.97. The Labute approximate surface area is 180 Å². The minimum absolute atomic E-state index is 0.0192. The predicted molar refractivity (Wildman–Crippen MR) is 114 cm³/mol. The Morgan fingerprint density at radius 3 is 2.43 bits per heavy atom. The summed E-state index contributed by atoms with van der Waals surface area (Å²) >= 11 is 0. The van der Waals surface area contributed by atoms with Crippen LogP contribution in [0.3, 0.4) is 0 Å². The van der Waals surface area contributed by atoms with Gasteiger partial charge in [-0.15, -0.1) is 6.58 Å². The molecular formula is C22H38N2O6. The van der Waals surface area contributed by atoms with Crippen LogP contribution in [0.1, 0.15) is 60.3 Å². The number of allylic oxidation sites excluding steroid dienone is 1. The molecule has 1 fully saturated rings. The van der Waals surface area contributed by atoms with Gasteiger partial charge < -0.3 is 24.8 Å². The van der Waals surface area contributed by atoms with Crippen molar-refractivity contribution in [1.29, 1.82) is 0 Å². The number of likely N-dealkylation sites (tertiary alicyclic amines) is 1. The molecule has 30 heavy (non-hydrogen) atoms. The van der Waals surface area contributed by atoms with Crippen LogP contribution in [-0.2, 0) is 19.1 Å². The number of nitrogens with one attached hydrogen (secondary N) is 1. The lowest BCUT2D eigenvalue weighted by molar-refractivity contribution is -0.152. The van der Waals surface area contributed by atoms with E-state index in [2.05, 4.69) is 18.8 Å². The molecule has 2 N–H and O–H groups in total. The summed E-state index contributed by atoms with van der Waals surface area (Å²) in [6.45, 7) is 13.0. The van der Waals surface area contributed by atoms with E-state index in [1.54, 1.807) is 20.8 Å². The van der Waals surface area contributed by atoms with Crippen LogP contribution in [-0.4, -0.2) is 65.4 Å². The largest absolute Gasteiger partial charge is 0.467 e. The number of alkyl carbamates (subject to hydrolysis) is 1. The van der Waals surface area contributed by atoms with Crippen LogP contribution in [0.5, 0.6) is 0 Å². The van der Waals surface area contributed by atoms with Crippen LogP contribution >= 0.6 is 0 Å². The topological polar surface area (TPSA) is 105 Å². The molecule has 0 aromatic carbocycles. The first kappa shape index (κ1) is 25.9. The van der Waals surface area contributed by atoms with Crippen molar-refractivity contribution in [3.05, 3.63) is 12.7 Å². The second-order valence-electron chi connectivity index (χ2n) is 9.16. The Kier molecular flexibility index (Phi) is 9.81. The molecule has 1 heterocycles. The number of β-amino-alcohol motifs (C(OH)–C–C–N with tert-alkyl or cyclic N) is 1. The van der Waals surface area contributed by atoms with Gasteiger partial charge in [0.15, 0.2) is 0 Å². The first-order valence-electron chi connectivity index (χ1n) is 10.6. The molecule has 1 rings (SSSR count). The van der Waals surface area contributed by atoms with Crippen molar-refractivity contribution in [2.75, 3.05) is 13.7 Å². The highest BCUT2D eigenvalue weighted by Crippen LogP contribution is 2.24. The molecule has 0 bridgehead atoms. The fraction of sp³-hybridized carbons (Fsp3) is 0.773. The highest BCUT2D eigenvalue weighted by atomic mass is 16.6. The Hall–Kier alpha value is -2.09. The van der Waals surface area contributed by atoms with E-state index in [0.717, 1.165) is 12.8 Å². The molecule has 0 aromatic heterocycles. The maximum absolute atomic E-state index is 13.3. The quantitative estimate of drug-likeness (QED) is 0.434. The summed E-state index contributed by atoms with van der Waals surface area (Å²) in [4.78, 5) is 39.2. The van der Waals surface area contributed by atoms with Gasteiger partial charge in [0.05, 0.1) is 13.2 Å². The standard InChI is InChI=1S/C22H38N2O6/c1-8-14(2)10-9-11-15(3)18(23-21(28)30-22(4,5)6)19(26)24-13-16(25)12-17(24)20(27)29-7/h8,14-18,25H,1,9-13H2,2-7H3,(H,23,28). The lowest BCUT2D eigenvalue weighted by Crippen LogP contribution is -2.55. The molecule has 0 aliphatic carbocycles. The third-order valence-corrected chi connectivity index (χ3v) is 5.26. The van der Waals surface area contributed by atoms with E-state index in [4.69, 9.17) is 9.47 Å². The van der Waals surface area contributed by atoms with Crippen molar-refractivity contribution >= 4 is 18.0 Å². The number of aliphatic hydroxyl groups is 1. The summed E-state index contributed by atoms with van der Waals surface area (Å²) in [6, 6.07) is -1.75. The van der Waals surface area contributed by atoms with Gasteiger partial charge in [0.1, 0.15) is 17.7 Å². The SMILES string of the molecule is C=CC(C)CCCC(C)C(NC(=O)OC(C)(C)C)C(=O)N1CC(O)CC1C(=O)OC. The lowest BCUT2D eigenvalue weighted by Gasteiger charge is -2.31. The monoisotopic (exact) mass is 426 g/mol. The van der Waals surface area contributed by atoms with Crippen molar-refractivity contribution in [3.63, 3.8) is 0 Å². The number of esters is 1. The zero-order valence-electron chi connectivity index (χ0n) is 19.1. The van der Waals surface area contributed by atoms with Gasteiger partial charge in [0.25, 0.3) is 0 Å². The van der Waals surface area contributed by atoms with Gasteiger partial charge in [-0.25, -0.2) is 9.59 Å². The van der Waals surface area contributed by atoms with Gasteiger partial charge in [-0.1, -0.05) is 26.3 Å². The number of hydrogen-bond donors (Lipinski definition) is 2. The van der Waals surface area contributed by atoms with Crippen LogP contribution in [0.4, 0.5) is 4.79 Å². The molecule has 0 spiro atoms. The highest BCUT2D eigenvalue weighted by Gasteiger charge is 2.43. The minimum Gasteiger partial charge on any atom is -0.467 e. The highest BCUT2D eigenvalue weighted by molar-refractivity contribution is 5.90. The number of carbonyl (C=O) groups is 3. The van der Waals surface area contributed by atoms with Crippen LogP contribution < -0.4 is 5.32 Å². The second kappa shape index (κ2) is 11.3. The zero-order valence-corrected chi connectivity index (χ0v) is 19.1. The fourth-order valence-corrected chi connectivity index (χ4v) is 3.52. The maximum Gasteiger partial charge on any atom is 0.408 e. The van der Waals surface area contributed by atoms with Gasteiger partial charge in [0, 0.05) is 13.0 Å². The normalized spacial score (nSPS) is 22.0. The number of aliphatic hydroxyl groups excluding tert-OH is 1. The van der Waals surface area contributed by atoms with Crippen LogP contribution in [0.2, 0.25) is 0 Å². The summed E-state index contributed by atoms with van der Waals surface area (Å²) < 4.78 is 10.1. The van der Waals surface area contributed by atoms with Crippen molar-refractivity contribution in [3.8, 4) is 0 Å². The van der Waals surface area contributed by atoms with E-state index in [1.807, 2.05) is 13.0 Å². The molecule has 0 aromatic rings. The fourth-order valence-electron chi connectivity index (χ4n) is 3.52. The smallest absolute Gasteiger partial charge is 0.408 e. The number of amides is 2. The molecule has 1 saturated heterocycles. The van der Waals surface area contributed by atoms with E-state index in [9.17, 15) is 19.5 Å². The maximum atomic E-state index is 13.3. The molecule has 0 radical (unpaired) electrons. The van der Waals surface area contributed by atoms with Crippen LogP contribution in [0.15, 0.2) is 12.7 Å². The Morgan fingerprint density at radius 2 is 1.90 bits per heavy atom. The lowest BCUT2D eigenvalue weighted by atomic mass is 9.92. The van der Waals surface area contributed by atoms with Gasteiger partial charge >= 0.3 is 12.1 Å². The van der Waals surface area contributed by atoms with E-state index in [-0.39, 0.29) is 18.9 Å². The van der Waals surface area contributed by atoms with Gasteiger partial charge in [0.2, 0.25) is 5.91 Å². The first-order valence-corrected chi connectivity index (χ1v) is 10.6. The number of ether oxygens (including phenoxy) is 2. The number of carbonyl (C=O) groups excluding carboxylic acids is 3. The molecule has 8 heteroatoms. The van der Waals surface area contributed by atoms with Crippen molar-refractivity contribution in [2.24, 2.45) is 11.8 Å². The summed E-state index contributed by atoms with van der Waals surface area (Å²) in [6.07, 6.45) is 2.97. The van der Waals surface area contributed by atoms with Crippen molar-refractivity contribution in [1.82, 2.24) is 10.2 Å². The van der Waals surface area contributed by atoms with Crippen molar-refractivity contribution < 1.29 is 29.0 Å². The van der Waals surface area contributed by atoms with Gasteiger partial charge in [-0.2, -0.15) is 0 Å². The van der Waals surface area contributed by atoms with Gasteiger partial charge in [-0.05, 0) is 45.4 Å². The number of hydrogen-bond acceptors (Lipinski definition) is 6. The van der Waals surface area contributed by atoms with Gasteiger partial charge in [-0.3, -0.25) is 4.79 Å². The van der Waals surface area contributed by atoms with Crippen LogP contribution in [0, 0.1) is 11.8 Å². The molecule has 2 amide bonds. The molecule has 1 aliphatic heterocycles. The molecule has 5 atom stereocenters. The number of rotatable bonds is 9. The van der Waals surface area contributed by atoms with Crippen LogP contribution in [0.25, 0.3) is 0 Å². The van der Waals surface area contributed by atoms with E-state index in [1.165, 1.54) is 12.0 Å². The zero-order chi connectivity index (χ0) is 23.1. The molecule has 8 nitrogen and oxygen atoms in total. The van der Waals surface area contributed by atoms with E-state index in [0.29, 0.717) is 12.3 Å². The first-order chi connectivity index (χ1) is 13.9. The number of nitrogens with zero attached hydrogens (tertiary/aromatic N) is 1. The average Bonchev–Trinajstić information content (AvgIpc) is 3.04. The molecule has 1 aliphatic rings. The summed E-state index contributed by atoms with van der Waals surface area (Å²) in [7, 11) is 1.25. The Bertz CT molecular complexity index is 615. The minimum atomic E-state index is -0.878. The molecule has 0 saturated carbocycles. The Morgan fingerprint density at radius 1 is 1.27 bits per heavy atom. The van der Waals surface area contributed by atoms with Crippen molar-refractivity contribution in [2.45, 2.75) is 84.1 Å². The second-order valence-corrected chi connectivity index (χ2v) is 9.16. The van der Waals surface area contributed by atoms with E-state index >= 15 is 0 Å². The molecule has 172 valence electrons. The Balaban J connectivity index is 2.99. The summed E-state index contributed by atoms with van der Waals surface area (Å²) in [5, 5.41) is 12.7. The van der Waals surface area contributed by atoms with E-state index < -0.39 is 41.8 Å². The third-order valence-electron chi connectivity index (χ3n) is 5.26. The number of methoxy groups -OCH3 is 1. The predicted octanol–water partition coefficient (Wildman–Crippen LogP) is 2.64. The molecule has 5 unspecified atom stereocenters. The summed E-state index contributed by atoms with van der Waals surface area (Å²) in [5.74, 6) is -0.832.